The van der Waals surface area contributed by atoms with Gasteiger partial charge < -0.3 is 19.5 Å². The molecule has 0 radical (unpaired) electrons. The monoisotopic (exact) mass is 431 g/mol. The maximum absolute atomic E-state index is 13.0. The van der Waals surface area contributed by atoms with Gasteiger partial charge in [0.15, 0.2) is 11.5 Å². The van der Waals surface area contributed by atoms with Gasteiger partial charge in [-0.3, -0.25) is 4.79 Å². The lowest BCUT2D eigenvalue weighted by molar-refractivity contribution is 0.0920. The third kappa shape index (κ3) is 5.05. The van der Waals surface area contributed by atoms with Crippen LogP contribution < -0.4 is 19.5 Å². The lowest BCUT2D eigenvalue weighted by atomic mass is 9.79. The number of ether oxygens (including phenoxy) is 3. The van der Waals surface area contributed by atoms with Crippen LogP contribution in [0.1, 0.15) is 47.5 Å². The van der Waals surface area contributed by atoms with Crippen LogP contribution in [0.5, 0.6) is 23.0 Å². The highest BCUT2D eigenvalue weighted by Crippen LogP contribution is 2.37. The molecule has 4 rings (SSSR count). The molecule has 2 atom stereocenters. The van der Waals surface area contributed by atoms with Crippen molar-refractivity contribution in [2.45, 2.75) is 37.6 Å². The Balaban J connectivity index is 1.45. The molecule has 3 aromatic carbocycles. The first-order valence-electron chi connectivity index (χ1n) is 11.0. The van der Waals surface area contributed by atoms with Gasteiger partial charge in [-0.15, -0.1) is 0 Å². The number of hydrogen-bond donors (Lipinski definition) is 1. The van der Waals surface area contributed by atoms with Crippen molar-refractivity contribution in [1.29, 1.82) is 0 Å². The first-order chi connectivity index (χ1) is 15.7. The van der Waals surface area contributed by atoms with Crippen LogP contribution in [0.25, 0.3) is 0 Å². The molecule has 5 nitrogen and oxygen atoms in total. The van der Waals surface area contributed by atoms with Crippen LogP contribution in [0.2, 0.25) is 0 Å². The van der Waals surface area contributed by atoms with Crippen molar-refractivity contribution in [2.24, 2.45) is 0 Å². The smallest absolute Gasteiger partial charge is 0.251 e. The normalized spacial score (nSPS) is 17.9. The van der Waals surface area contributed by atoms with Crippen molar-refractivity contribution in [2.75, 3.05) is 14.2 Å². The van der Waals surface area contributed by atoms with Crippen LogP contribution in [-0.4, -0.2) is 26.2 Å². The molecule has 1 fully saturated rings. The fourth-order valence-corrected chi connectivity index (χ4v) is 4.34. The Kier molecular flexibility index (Phi) is 6.95. The minimum absolute atomic E-state index is 0.0614. The largest absolute Gasteiger partial charge is 0.493 e. The summed E-state index contributed by atoms with van der Waals surface area (Å²) in [7, 11) is 3.28. The molecule has 3 aromatic rings. The van der Waals surface area contributed by atoms with Gasteiger partial charge in [0.25, 0.3) is 5.91 Å². The predicted molar refractivity (Wildman–Crippen MR) is 125 cm³/mol. The topological polar surface area (TPSA) is 56.8 Å². The first kappa shape index (κ1) is 21.8. The Hall–Kier alpha value is -3.47. The number of hydrogen-bond acceptors (Lipinski definition) is 4. The molecule has 1 aliphatic rings. The van der Waals surface area contributed by atoms with Gasteiger partial charge >= 0.3 is 0 Å². The average Bonchev–Trinajstić information content (AvgIpc) is 2.85. The fourth-order valence-electron chi connectivity index (χ4n) is 4.34. The average molecular weight is 432 g/mol. The van der Waals surface area contributed by atoms with Crippen molar-refractivity contribution in [3.05, 3.63) is 83.9 Å². The highest BCUT2D eigenvalue weighted by Gasteiger charge is 2.29. The van der Waals surface area contributed by atoms with Gasteiger partial charge in [0, 0.05) is 17.5 Å². The van der Waals surface area contributed by atoms with E-state index in [0.29, 0.717) is 17.1 Å². The molecule has 32 heavy (non-hydrogen) atoms. The zero-order valence-electron chi connectivity index (χ0n) is 18.5. The Labute approximate surface area is 189 Å². The van der Waals surface area contributed by atoms with Crippen molar-refractivity contribution in [3.63, 3.8) is 0 Å². The molecule has 1 amide bonds. The molecular weight excluding hydrogens is 402 g/mol. The van der Waals surface area contributed by atoms with E-state index in [-0.39, 0.29) is 17.9 Å². The minimum Gasteiger partial charge on any atom is -0.493 e. The second-order valence-corrected chi connectivity index (χ2v) is 8.02. The molecule has 166 valence electrons. The molecule has 0 bridgehead atoms. The summed E-state index contributed by atoms with van der Waals surface area (Å²) in [6, 6.07) is 23.0. The summed E-state index contributed by atoms with van der Waals surface area (Å²) in [6.45, 7) is 0. The number of rotatable bonds is 7. The van der Waals surface area contributed by atoms with Gasteiger partial charge in [0.1, 0.15) is 11.5 Å². The van der Waals surface area contributed by atoms with Crippen molar-refractivity contribution >= 4 is 5.91 Å². The van der Waals surface area contributed by atoms with Gasteiger partial charge in [-0.2, -0.15) is 0 Å². The lowest BCUT2D eigenvalue weighted by Crippen LogP contribution is -2.41. The van der Waals surface area contributed by atoms with Crippen molar-refractivity contribution < 1.29 is 19.0 Å². The maximum atomic E-state index is 13.0. The molecule has 5 heteroatoms. The van der Waals surface area contributed by atoms with E-state index in [9.17, 15) is 4.79 Å². The second kappa shape index (κ2) is 10.2. The number of amides is 1. The highest BCUT2D eigenvalue weighted by molar-refractivity contribution is 5.94. The highest BCUT2D eigenvalue weighted by atomic mass is 16.5. The van der Waals surface area contributed by atoms with E-state index in [1.807, 2.05) is 66.7 Å². The lowest BCUT2D eigenvalue weighted by Gasteiger charge is -2.33. The maximum Gasteiger partial charge on any atom is 0.251 e. The van der Waals surface area contributed by atoms with Gasteiger partial charge in [-0.05, 0) is 66.9 Å². The second-order valence-electron chi connectivity index (χ2n) is 8.02. The summed E-state index contributed by atoms with van der Waals surface area (Å²) in [5.74, 6) is 3.08. The molecule has 0 aromatic heterocycles. The third-order valence-electron chi connectivity index (χ3n) is 6.01. The Morgan fingerprint density at radius 3 is 2.22 bits per heavy atom. The van der Waals surface area contributed by atoms with Crippen LogP contribution in [-0.2, 0) is 0 Å². The number of para-hydroxylation sites is 1. The molecule has 0 unspecified atom stereocenters. The molecule has 1 saturated carbocycles. The van der Waals surface area contributed by atoms with E-state index < -0.39 is 0 Å². The number of carbonyl (C=O) groups is 1. The Morgan fingerprint density at radius 1 is 0.812 bits per heavy atom. The number of carbonyl (C=O) groups excluding carboxylic acids is 1. The van der Waals surface area contributed by atoms with Crippen LogP contribution in [0.3, 0.4) is 0 Å². The minimum atomic E-state index is -0.0614. The summed E-state index contributed by atoms with van der Waals surface area (Å²) in [6.07, 6.45) is 4.25. The number of methoxy groups -OCH3 is 2. The van der Waals surface area contributed by atoms with Crippen LogP contribution >= 0.6 is 0 Å². The standard InChI is InChI=1S/C27H29NO4/c1-30-25-17-14-20(18-26(25)31-2)23-10-6-7-11-24(23)28-27(29)19-12-15-22(16-13-19)32-21-8-4-3-5-9-21/h3-5,8-9,12-18,23-24H,6-7,10-11H2,1-2H3,(H,28,29)/t23-,24-/m1/s1. The quantitative estimate of drug-likeness (QED) is 0.502. The van der Waals surface area contributed by atoms with Crippen LogP contribution in [0, 0.1) is 0 Å². The molecule has 1 N–H and O–H groups in total. The molecule has 0 spiro atoms. The van der Waals surface area contributed by atoms with Gasteiger partial charge in [-0.1, -0.05) is 37.1 Å². The van der Waals surface area contributed by atoms with E-state index in [2.05, 4.69) is 11.4 Å². The molecule has 1 aliphatic carbocycles. The van der Waals surface area contributed by atoms with Crippen LogP contribution in [0.4, 0.5) is 0 Å². The molecular formula is C27H29NO4. The van der Waals surface area contributed by atoms with E-state index >= 15 is 0 Å². The van der Waals surface area contributed by atoms with E-state index in [0.717, 1.165) is 37.2 Å². The summed E-state index contributed by atoms with van der Waals surface area (Å²) < 4.78 is 16.7. The van der Waals surface area contributed by atoms with E-state index in [4.69, 9.17) is 14.2 Å². The Bertz CT molecular complexity index is 1030. The summed E-state index contributed by atoms with van der Waals surface area (Å²) in [5.41, 5.74) is 1.79. The number of benzene rings is 3. The molecule has 0 aliphatic heterocycles. The van der Waals surface area contributed by atoms with Gasteiger partial charge in [0.2, 0.25) is 0 Å². The molecule has 0 heterocycles. The number of nitrogens with one attached hydrogen (secondary N) is 1. The van der Waals surface area contributed by atoms with Crippen molar-refractivity contribution in [3.8, 4) is 23.0 Å². The summed E-state index contributed by atoms with van der Waals surface area (Å²) >= 11 is 0. The molecule has 0 saturated heterocycles. The third-order valence-corrected chi connectivity index (χ3v) is 6.01. The predicted octanol–water partition coefficient (Wildman–Crippen LogP) is 5.95. The SMILES string of the molecule is COc1ccc([C@H]2CCCC[C@H]2NC(=O)c2ccc(Oc3ccccc3)cc2)cc1OC. The Morgan fingerprint density at radius 2 is 1.50 bits per heavy atom. The van der Waals surface area contributed by atoms with E-state index in [1.54, 1.807) is 14.2 Å². The van der Waals surface area contributed by atoms with Crippen LogP contribution in [0.15, 0.2) is 72.8 Å². The zero-order chi connectivity index (χ0) is 22.3. The summed E-state index contributed by atoms with van der Waals surface area (Å²) in [5, 5.41) is 3.27. The first-order valence-corrected chi connectivity index (χ1v) is 11.0. The van der Waals surface area contributed by atoms with Gasteiger partial charge in [-0.25, -0.2) is 0 Å². The fraction of sp³-hybridized carbons (Fsp3) is 0.296. The van der Waals surface area contributed by atoms with E-state index in [1.165, 1.54) is 5.56 Å². The van der Waals surface area contributed by atoms with Crippen molar-refractivity contribution in [1.82, 2.24) is 5.32 Å². The van der Waals surface area contributed by atoms with Gasteiger partial charge in [0.05, 0.1) is 14.2 Å². The summed E-state index contributed by atoms with van der Waals surface area (Å²) in [4.78, 5) is 13.0. The zero-order valence-corrected chi connectivity index (χ0v) is 18.5.